The second-order valence-electron chi connectivity index (χ2n) is 5.70. The minimum absolute atomic E-state index is 0.317. The molecule has 2 heterocycles. The summed E-state index contributed by atoms with van der Waals surface area (Å²) in [4.78, 5) is 2.38. The lowest BCUT2D eigenvalue weighted by molar-refractivity contribution is 0.487. The van der Waals surface area contributed by atoms with Crippen LogP contribution in [0.25, 0.3) is 0 Å². The van der Waals surface area contributed by atoms with Crippen molar-refractivity contribution in [1.82, 2.24) is 10.2 Å². The molecule has 0 aromatic carbocycles. The average Bonchev–Trinajstić information content (AvgIpc) is 2.71. The Kier molecular flexibility index (Phi) is 2.82. The van der Waals surface area contributed by atoms with E-state index in [1.807, 2.05) is 0 Å². The van der Waals surface area contributed by atoms with Crippen LogP contribution in [0.2, 0.25) is 0 Å². The molecule has 1 aliphatic heterocycles. The van der Waals surface area contributed by atoms with Crippen molar-refractivity contribution < 1.29 is 0 Å². The summed E-state index contributed by atoms with van der Waals surface area (Å²) in [6, 6.07) is 0.317. The van der Waals surface area contributed by atoms with Gasteiger partial charge in [0.25, 0.3) is 0 Å². The molecule has 0 saturated carbocycles. The number of hydrogen-bond acceptors (Lipinski definition) is 3. The summed E-state index contributed by atoms with van der Waals surface area (Å²) >= 11 is 0. The van der Waals surface area contributed by atoms with E-state index in [4.69, 9.17) is 5.73 Å². The van der Waals surface area contributed by atoms with Crippen molar-refractivity contribution in [1.29, 1.82) is 0 Å². The first-order chi connectivity index (χ1) is 8.24. The Labute approximate surface area is 103 Å². The predicted molar refractivity (Wildman–Crippen MR) is 69.2 cm³/mol. The molecule has 1 fully saturated rings. The molecule has 94 valence electrons. The van der Waals surface area contributed by atoms with Gasteiger partial charge in [0.1, 0.15) is 0 Å². The van der Waals surface area contributed by atoms with Crippen LogP contribution in [0.1, 0.15) is 37.4 Å². The van der Waals surface area contributed by atoms with Crippen molar-refractivity contribution in [2.75, 3.05) is 18.0 Å². The van der Waals surface area contributed by atoms with Crippen molar-refractivity contribution in [2.45, 2.75) is 45.1 Å². The van der Waals surface area contributed by atoms with Gasteiger partial charge in [-0.25, -0.2) is 0 Å². The Morgan fingerprint density at radius 2 is 2.29 bits per heavy atom. The van der Waals surface area contributed by atoms with E-state index in [9.17, 15) is 0 Å². The third kappa shape index (κ3) is 2.06. The monoisotopic (exact) mass is 234 g/mol. The Balaban J connectivity index is 1.85. The molecule has 0 bridgehead atoms. The zero-order chi connectivity index (χ0) is 11.8. The number of nitrogens with two attached hydrogens (primary N) is 1. The van der Waals surface area contributed by atoms with E-state index in [0.29, 0.717) is 6.04 Å². The maximum Gasteiger partial charge on any atom is 0.153 e. The van der Waals surface area contributed by atoms with E-state index in [0.717, 1.165) is 31.8 Å². The third-order valence-electron chi connectivity index (χ3n) is 4.13. The van der Waals surface area contributed by atoms with Gasteiger partial charge in [-0.1, -0.05) is 6.92 Å². The number of H-pyrrole nitrogens is 1. The normalized spacial score (nSPS) is 29.2. The van der Waals surface area contributed by atoms with Crippen LogP contribution in [0.4, 0.5) is 5.82 Å². The van der Waals surface area contributed by atoms with E-state index >= 15 is 0 Å². The molecule has 1 aromatic heterocycles. The van der Waals surface area contributed by atoms with Gasteiger partial charge in [-0.15, -0.1) is 0 Å². The lowest BCUT2D eigenvalue weighted by Gasteiger charge is -2.32. The van der Waals surface area contributed by atoms with Crippen LogP contribution in [-0.4, -0.2) is 29.3 Å². The number of anilines is 1. The smallest absolute Gasteiger partial charge is 0.153 e. The second-order valence-corrected chi connectivity index (χ2v) is 5.70. The van der Waals surface area contributed by atoms with Crippen molar-refractivity contribution in [3.8, 4) is 0 Å². The Hall–Kier alpha value is -1.03. The van der Waals surface area contributed by atoms with Crippen molar-refractivity contribution in [2.24, 2.45) is 11.7 Å². The number of aryl methyl sites for hydroxylation is 1. The molecular formula is C13H22N4. The molecule has 2 atom stereocenters. The zero-order valence-corrected chi connectivity index (χ0v) is 10.6. The summed E-state index contributed by atoms with van der Waals surface area (Å²) in [6.07, 6.45) is 5.96. The number of fused-ring (bicyclic) bond motifs is 1. The summed E-state index contributed by atoms with van der Waals surface area (Å²) in [7, 11) is 0. The van der Waals surface area contributed by atoms with Crippen LogP contribution in [0, 0.1) is 5.92 Å². The van der Waals surface area contributed by atoms with Crippen molar-refractivity contribution >= 4 is 5.82 Å². The molecule has 17 heavy (non-hydrogen) atoms. The van der Waals surface area contributed by atoms with E-state index < -0.39 is 0 Å². The topological polar surface area (TPSA) is 57.9 Å². The summed E-state index contributed by atoms with van der Waals surface area (Å²) in [5.41, 5.74) is 8.87. The average molecular weight is 234 g/mol. The first kappa shape index (κ1) is 11.1. The molecule has 4 heteroatoms. The minimum Gasteiger partial charge on any atom is -0.353 e. The summed E-state index contributed by atoms with van der Waals surface area (Å²) in [5, 5.41) is 7.76. The van der Waals surface area contributed by atoms with Crippen LogP contribution in [0.3, 0.4) is 0 Å². The molecule has 1 aliphatic carbocycles. The molecule has 1 saturated heterocycles. The molecule has 2 aliphatic rings. The summed E-state index contributed by atoms with van der Waals surface area (Å²) in [6.45, 7) is 4.41. The third-order valence-corrected chi connectivity index (χ3v) is 4.13. The first-order valence-corrected chi connectivity index (χ1v) is 6.80. The predicted octanol–water partition coefficient (Wildman–Crippen LogP) is 1.46. The standard InChI is InChI=1S/C13H22N4/c1-9-4-5-12-11(7-9)13(16-15-12)17-6-2-3-10(14)8-17/h9-10H,2-8,14H2,1H3,(H,15,16). The fourth-order valence-corrected chi connectivity index (χ4v) is 3.12. The van der Waals surface area contributed by atoms with Gasteiger partial charge >= 0.3 is 0 Å². The molecule has 1 aromatic rings. The zero-order valence-electron chi connectivity index (χ0n) is 10.6. The Morgan fingerprint density at radius 1 is 1.41 bits per heavy atom. The van der Waals surface area contributed by atoms with Gasteiger partial charge in [0.15, 0.2) is 5.82 Å². The number of aromatic amines is 1. The van der Waals surface area contributed by atoms with Gasteiger partial charge in [-0.3, -0.25) is 5.10 Å². The van der Waals surface area contributed by atoms with E-state index in [-0.39, 0.29) is 0 Å². The summed E-state index contributed by atoms with van der Waals surface area (Å²) < 4.78 is 0. The van der Waals surface area contributed by atoms with Crippen LogP contribution >= 0.6 is 0 Å². The van der Waals surface area contributed by atoms with Crippen LogP contribution in [0.5, 0.6) is 0 Å². The number of hydrogen-bond donors (Lipinski definition) is 2. The first-order valence-electron chi connectivity index (χ1n) is 6.80. The lowest BCUT2D eigenvalue weighted by atomic mass is 9.88. The number of nitrogens with zero attached hydrogens (tertiary/aromatic N) is 2. The summed E-state index contributed by atoms with van der Waals surface area (Å²) in [5.74, 6) is 1.97. The maximum atomic E-state index is 6.05. The number of aromatic nitrogens is 2. The molecule has 4 nitrogen and oxygen atoms in total. The minimum atomic E-state index is 0.317. The number of piperidine rings is 1. The van der Waals surface area contributed by atoms with Gasteiger partial charge < -0.3 is 10.6 Å². The number of rotatable bonds is 1. The highest BCUT2D eigenvalue weighted by molar-refractivity contribution is 5.50. The van der Waals surface area contributed by atoms with Crippen LogP contribution in [0.15, 0.2) is 0 Å². The van der Waals surface area contributed by atoms with Crippen molar-refractivity contribution in [3.63, 3.8) is 0 Å². The number of nitrogens with one attached hydrogen (secondary N) is 1. The van der Waals surface area contributed by atoms with E-state index in [1.165, 1.54) is 36.3 Å². The largest absolute Gasteiger partial charge is 0.353 e. The Bertz CT molecular complexity index is 398. The molecule has 3 N–H and O–H groups in total. The second kappa shape index (κ2) is 4.33. The molecule has 0 radical (unpaired) electrons. The molecule has 3 rings (SSSR count). The van der Waals surface area contributed by atoms with E-state index in [1.54, 1.807) is 0 Å². The van der Waals surface area contributed by atoms with Gasteiger partial charge in [-0.2, -0.15) is 5.10 Å². The maximum absolute atomic E-state index is 6.05. The van der Waals surface area contributed by atoms with Gasteiger partial charge in [0.05, 0.1) is 0 Å². The van der Waals surface area contributed by atoms with Gasteiger partial charge in [0, 0.05) is 30.4 Å². The highest BCUT2D eigenvalue weighted by Gasteiger charge is 2.26. The molecule has 0 spiro atoms. The van der Waals surface area contributed by atoms with Crippen LogP contribution in [-0.2, 0) is 12.8 Å². The molecular weight excluding hydrogens is 212 g/mol. The molecule has 0 amide bonds. The van der Waals surface area contributed by atoms with Crippen LogP contribution < -0.4 is 10.6 Å². The quantitative estimate of drug-likeness (QED) is 0.773. The van der Waals surface area contributed by atoms with Crippen molar-refractivity contribution in [3.05, 3.63) is 11.3 Å². The van der Waals surface area contributed by atoms with Gasteiger partial charge in [0.2, 0.25) is 0 Å². The lowest BCUT2D eigenvalue weighted by Crippen LogP contribution is -2.43. The molecule has 2 unspecified atom stereocenters. The SMILES string of the molecule is CC1CCc2[nH]nc(N3CCCC(N)C3)c2C1. The van der Waals surface area contributed by atoms with E-state index in [2.05, 4.69) is 22.0 Å². The van der Waals surface area contributed by atoms with Gasteiger partial charge in [-0.05, 0) is 38.0 Å². The fraction of sp³-hybridized carbons (Fsp3) is 0.769. The highest BCUT2D eigenvalue weighted by Crippen LogP contribution is 2.31. The fourth-order valence-electron chi connectivity index (χ4n) is 3.12. The Morgan fingerprint density at radius 3 is 3.12 bits per heavy atom. The highest BCUT2D eigenvalue weighted by atomic mass is 15.3.